The second-order valence-electron chi connectivity index (χ2n) is 4.44. The maximum absolute atomic E-state index is 6.02. The fourth-order valence-electron chi connectivity index (χ4n) is 1.94. The largest absolute Gasteiger partial charge is 0.368 e. The lowest BCUT2D eigenvalue weighted by Gasteiger charge is -2.18. The van der Waals surface area contributed by atoms with Crippen molar-refractivity contribution in [3.63, 3.8) is 0 Å². The van der Waals surface area contributed by atoms with Crippen molar-refractivity contribution in [2.45, 2.75) is 19.6 Å². The molecule has 1 unspecified atom stereocenters. The van der Waals surface area contributed by atoms with Crippen molar-refractivity contribution in [1.82, 2.24) is 0 Å². The highest BCUT2D eigenvalue weighted by Gasteiger charge is 2.12. The van der Waals surface area contributed by atoms with Crippen molar-refractivity contribution in [3.05, 3.63) is 69.7 Å². The van der Waals surface area contributed by atoms with Crippen LogP contribution in [0.25, 0.3) is 0 Å². The maximum Gasteiger partial charge on any atom is 0.0928 e. The fraction of sp³-hybridized carbons (Fsp3) is 0.250. The van der Waals surface area contributed by atoms with Gasteiger partial charge in [0.25, 0.3) is 0 Å². The Morgan fingerprint density at radius 1 is 1.05 bits per heavy atom. The van der Waals surface area contributed by atoms with E-state index in [9.17, 15) is 0 Å². The van der Waals surface area contributed by atoms with E-state index in [0.717, 1.165) is 9.80 Å². The predicted molar refractivity (Wildman–Crippen MR) is 86.6 cm³/mol. The Labute approximate surface area is 131 Å². The summed E-state index contributed by atoms with van der Waals surface area (Å²) in [7, 11) is 0. The van der Waals surface area contributed by atoms with Crippen LogP contribution < -0.4 is 0 Å². The zero-order valence-electron chi connectivity index (χ0n) is 10.8. The fourth-order valence-corrected chi connectivity index (χ4v) is 2.74. The monoisotopic (exact) mass is 382 g/mol. The summed E-state index contributed by atoms with van der Waals surface area (Å²) in [5, 5.41) is 0.800. The van der Waals surface area contributed by atoms with E-state index in [1.54, 1.807) is 0 Å². The molecule has 0 saturated carbocycles. The molecule has 1 atom stereocenters. The van der Waals surface area contributed by atoms with Crippen molar-refractivity contribution >= 4 is 31.9 Å². The summed E-state index contributed by atoms with van der Waals surface area (Å²) in [5.41, 5.74) is 3.70. The van der Waals surface area contributed by atoms with Crippen molar-refractivity contribution in [2.24, 2.45) is 0 Å². The molecule has 0 fully saturated rings. The highest BCUT2D eigenvalue weighted by atomic mass is 79.9. The first-order chi connectivity index (χ1) is 9.20. The lowest BCUT2D eigenvalue weighted by molar-refractivity contribution is 0.0562. The van der Waals surface area contributed by atoms with Crippen molar-refractivity contribution in [1.29, 1.82) is 0 Å². The van der Waals surface area contributed by atoms with E-state index >= 15 is 0 Å². The third-order valence-corrected chi connectivity index (χ3v) is 4.16. The summed E-state index contributed by atoms with van der Waals surface area (Å²) in [4.78, 5) is 0. The molecule has 0 bridgehead atoms. The van der Waals surface area contributed by atoms with Gasteiger partial charge in [-0.25, -0.2) is 0 Å². The number of halogens is 2. The second kappa shape index (κ2) is 7.22. The first kappa shape index (κ1) is 14.8. The molecule has 0 radical (unpaired) electrons. The van der Waals surface area contributed by atoms with E-state index in [0.29, 0.717) is 6.61 Å². The topological polar surface area (TPSA) is 9.23 Å². The van der Waals surface area contributed by atoms with Gasteiger partial charge in [0.1, 0.15) is 0 Å². The number of aryl methyl sites for hydroxylation is 1. The highest BCUT2D eigenvalue weighted by molar-refractivity contribution is 9.10. The molecule has 0 amide bonds. The minimum Gasteiger partial charge on any atom is -0.368 e. The molecule has 2 aromatic carbocycles. The first-order valence-electron chi connectivity index (χ1n) is 6.18. The number of rotatable bonds is 5. The maximum atomic E-state index is 6.02. The van der Waals surface area contributed by atoms with Crippen LogP contribution in [-0.2, 0) is 11.3 Å². The van der Waals surface area contributed by atoms with E-state index in [-0.39, 0.29) is 6.10 Å². The average Bonchev–Trinajstić information content (AvgIpc) is 2.43. The summed E-state index contributed by atoms with van der Waals surface area (Å²) >= 11 is 6.98. The lowest BCUT2D eigenvalue weighted by Crippen LogP contribution is -2.07. The van der Waals surface area contributed by atoms with E-state index in [1.165, 1.54) is 16.7 Å². The van der Waals surface area contributed by atoms with Crippen molar-refractivity contribution in [2.75, 3.05) is 5.33 Å². The number of hydrogen-bond acceptors (Lipinski definition) is 1. The predicted octanol–water partition coefficient (Wildman–Crippen LogP) is 5.41. The Bertz CT molecular complexity index is 523. The Morgan fingerprint density at radius 2 is 1.74 bits per heavy atom. The van der Waals surface area contributed by atoms with Gasteiger partial charge >= 0.3 is 0 Å². The molecular weight excluding hydrogens is 368 g/mol. The van der Waals surface area contributed by atoms with Gasteiger partial charge in [-0.05, 0) is 35.7 Å². The molecule has 3 heteroatoms. The van der Waals surface area contributed by atoms with E-state index < -0.39 is 0 Å². The van der Waals surface area contributed by atoms with Crippen LogP contribution >= 0.6 is 31.9 Å². The van der Waals surface area contributed by atoms with Crippen LogP contribution in [0.1, 0.15) is 22.8 Å². The normalized spacial score (nSPS) is 12.4. The Hall–Kier alpha value is -0.640. The smallest absolute Gasteiger partial charge is 0.0928 e. The van der Waals surface area contributed by atoms with Crippen molar-refractivity contribution in [3.8, 4) is 0 Å². The van der Waals surface area contributed by atoms with E-state index in [4.69, 9.17) is 4.74 Å². The van der Waals surface area contributed by atoms with Crippen LogP contribution in [0.15, 0.2) is 53.0 Å². The molecule has 0 heterocycles. The molecule has 100 valence electrons. The van der Waals surface area contributed by atoms with E-state index in [2.05, 4.69) is 75.2 Å². The zero-order valence-corrected chi connectivity index (χ0v) is 13.9. The van der Waals surface area contributed by atoms with Gasteiger partial charge in [0.15, 0.2) is 0 Å². The molecule has 0 aromatic heterocycles. The summed E-state index contributed by atoms with van der Waals surface area (Å²) in [6.45, 7) is 2.74. The van der Waals surface area contributed by atoms with Gasteiger partial charge in [-0.1, -0.05) is 68.3 Å². The number of hydrogen-bond donors (Lipinski definition) is 0. The average molecular weight is 384 g/mol. The molecule has 0 N–H and O–H groups in total. The van der Waals surface area contributed by atoms with Gasteiger partial charge in [0, 0.05) is 9.80 Å². The van der Waals surface area contributed by atoms with Gasteiger partial charge in [-0.2, -0.15) is 0 Å². The second-order valence-corrected chi connectivity index (χ2v) is 6.00. The Kier molecular flexibility index (Phi) is 5.61. The first-order valence-corrected chi connectivity index (χ1v) is 8.09. The van der Waals surface area contributed by atoms with Crippen LogP contribution in [0.5, 0.6) is 0 Å². The molecule has 0 saturated heterocycles. The lowest BCUT2D eigenvalue weighted by atomic mass is 10.0. The molecule has 0 aliphatic rings. The molecule has 19 heavy (non-hydrogen) atoms. The third-order valence-electron chi connectivity index (χ3n) is 3.04. The Morgan fingerprint density at radius 3 is 2.37 bits per heavy atom. The van der Waals surface area contributed by atoms with Gasteiger partial charge in [-0.15, -0.1) is 0 Å². The van der Waals surface area contributed by atoms with Crippen LogP contribution in [0.2, 0.25) is 0 Å². The van der Waals surface area contributed by atoms with Gasteiger partial charge in [0.05, 0.1) is 12.7 Å². The molecule has 0 spiro atoms. The number of alkyl halides is 1. The zero-order chi connectivity index (χ0) is 13.7. The summed E-state index contributed by atoms with van der Waals surface area (Å²) in [6, 6.07) is 16.6. The van der Waals surface area contributed by atoms with Crippen LogP contribution in [0.3, 0.4) is 0 Å². The van der Waals surface area contributed by atoms with Gasteiger partial charge in [-0.3, -0.25) is 0 Å². The minimum atomic E-state index is 0.0878. The quantitative estimate of drug-likeness (QED) is 0.627. The molecule has 1 nitrogen and oxygen atoms in total. The van der Waals surface area contributed by atoms with Crippen LogP contribution in [0, 0.1) is 6.92 Å². The summed E-state index contributed by atoms with van der Waals surface area (Å²) in [6.07, 6.45) is 0.0878. The molecule has 0 aliphatic carbocycles. The van der Waals surface area contributed by atoms with Crippen LogP contribution in [0.4, 0.5) is 0 Å². The molecular formula is C16H16Br2O. The standard InChI is InChI=1S/C16H16Br2O/c1-12-4-2-3-5-15(12)16(10-17)19-11-13-6-8-14(18)9-7-13/h2-9,16H,10-11H2,1H3. The van der Waals surface area contributed by atoms with Gasteiger partial charge in [0.2, 0.25) is 0 Å². The molecule has 2 aromatic rings. The molecule has 2 rings (SSSR count). The Balaban J connectivity index is 2.04. The minimum absolute atomic E-state index is 0.0878. The number of ether oxygens (including phenoxy) is 1. The third kappa shape index (κ3) is 4.16. The van der Waals surface area contributed by atoms with Crippen LogP contribution in [-0.4, -0.2) is 5.33 Å². The van der Waals surface area contributed by atoms with E-state index in [1.807, 2.05) is 12.1 Å². The van der Waals surface area contributed by atoms with Crippen molar-refractivity contribution < 1.29 is 4.74 Å². The molecule has 0 aliphatic heterocycles. The summed E-state index contributed by atoms with van der Waals surface area (Å²) in [5.74, 6) is 0. The summed E-state index contributed by atoms with van der Waals surface area (Å²) < 4.78 is 7.11. The SMILES string of the molecule is Cc1ccccc1C(CBr)OCc1ccc(Br)cc1. The highest BCUT2D eigenvalue weighted by Crippen LogP contribution is 2.24. The van der Waals surface area contributed by atoms with Gasteiger partial charge < -0.3 is 4.74 Å². The number of benzene rings is 2.